The molecular formula is C20H26N4O2. The van der Waals surface area contributed by atoms with Gasteiger partial charge in [0.2, 0.25) is 11.8 Å². The van der Waals surface area contributed by atoms with Gasteiger partial charge in [0, 0.05) is 31.4 Å². The summed E-state index contributed by atoms with van der Waals surface area (Å²) in [4.78, 5) is 30.4. The molecule has 0 radical (unpaired) electrons. The Hall–Kier alpha value is -2.63. The number of amides is 2. The van der Waals surface area contributed by atoms with E-state index < -0.39 is 0 Å². The Morgan fingerprint density at radius 2 is 2.12 bits per heavy atom. The molecule has 0 bridgehead atoms. The molecule has 0 unspecified atom stereocenters. The van der Waals surface area contributed by atoms with Gasteiger partial charge in [-0.05, 0) is 37.8 Å². The molecule has 1 aromatic heterocycles. The van der Waals surface area contributed by atoms with Gasteiger partial charge in [-0.2, -0.15) is 0 Å². The zero-order valence-corrected chi connectivity index (χ0v) is 15.4. The van der Waals surface area contributed by atoms with Crippen LogP contribution < -0.4 is 5.73 Å². The molecular weight excluding hydrogens is 328 g/mol. The van der Waals surface area contributed by atoms with Gasteiger partial charge < -0.3 is 15.2 Å². The number of nitrogens with two attached hydrogens (primary N) is 1. The minimum atomic E-state index is -0.386. The van der Waals surface area contributed by atoms with Crippen LogP contribution in [0.2, 0.25) is 0 Å². The lowest BCUT2D eigenvalue weighted by atomic mass is 9.96. The topological polar surface area (TPSA) is 81.2 Å². The Morgan fingerprint density at radius 1 is 1.31 bits per heavy atom. The fourth-order valence-electron chi connectivity index (χ4n) is 3.66. The van der Waals surface area contributed by atoms with Crippen molar-refractivity contribution in [2.45, 2.75) is 45.6 Å². The number of piperidine rings is 1. The summed E-state index contributed by atoms with van der Waals surface area (Å²) in [7, 11) is 0. The molecule has 1 aromatic carbocycles. The summed E-state index contributed by atoms with van der Waals surface area (Å²) < 4.78 is 1.80. The molecule has 2 N–H and O–H groups in total. The van der Waals surface area contributed by atoms with Crippen molar-refractivity contribution < 1.29 is 9.59 Å². The van der Waals surface area contributed by atoms with Crippen LogP contribution in [0.3, 0.4) is 0 Å². The van der Waals surface area contributed by atoms with Crippen molar-refractivity contribution in [2.24, 2.45) is 5.73 Å². The van der Waals surface area contributed by atoms with Gasteiger partial charge in [0.15, 0.2) is 0 Å². The molecule has 3 rings (SSSR count). The van der Waals surface area contributed by atoms with Gasteiger partial charge >= 0.3 is 0 Å². The Kier molecular flexibility index (Phi) is 5.40. The van der Waals surface area contributed by atoms with Crippen molar-refractivity contribution in [2.75, 3.05) is 13.1 Å². The quantitative estimate of drug-likeness (QED) is 0.891. The molecule has 1 aliphatic rings. The highest BCUT2D eigenvalue weighted by Crippen LogP contribution is 2.26. The molecule has 1 atom stereocenters. The molecule has 2 heterocycles. The summed E-state index contributed by atoms with van der Waals surface area (Å²) in [6.07, 6.45) is 5.79. The number of aryl methyl sites for hydroxylation is 2. The largest absolute Gasteiger partial charge is 0.368 e. The SMILES string of the molecule is Cc1ccc(C)c(CC(=O)N2CCC[C@H](c3nccn3CC(N)=O)C2)c1. The Balaban J connectivity index is 1.70. The molecule has 1 aliphatic heterocycles. The van der Waals surface area contributed by atoms with E-state index in [9.17, 15) is 9.59 Å². The summed E-state index contributed by atoms with van der Waals surface area (Å²) >= 11 is 0. The minimum absolute atomic E-state index is 0.127. The van der Waals surface area contributed by atoms with Crippen molar-refractivity contribution in [3.63, 3.8) is 0 Å². The smallest absolute Gasteiger partial charge is 0.237 e. The lowest BCUT2D eigenvalue weighted by Gasteiger charge is -2.33. The number of hydrogen-bond donors (Lipinski definition) is 1. The third-order valence-electron chi connectivity index (χ3n) is 5.06. The molecule has 138 valence electrons. The van der Waals surface area contributed by atoms with Gasteiger partial charge in [-0.25, -0.2) is 4.98 Å². The van der Waals surface area contributed by atoms with Crippen LogP contribution in [-0.2, 0) is 22.6 Å². The predicted octanol–water partition coefficient (Wildman–Crippen LogP) is 1.93. The number of carbonyl (C=O) groups is 2. The number of benzene rings is 1. The second kappa shape index (κ2) is 7.72. The molecule has 0 aliphatic carbocycles. The molecule has 2 aromatic rings. The van der Waals surface area contributed by atoms with Crippen LogP contribution in [-0.4, -0.2) is 39.4 Å². The number of primary amides is 1. The minimum Gasteiger partial charge on any atom is -0.368 e. The van der Waals surface area contributed by atoms with E-state index in [0.29, 0.717) is 13.0 Å². The molecule has 2 amide bonds. The van der Waals surface area contributed by atoms with Gasteiger partial charge in [-0.1, -0.05) is 23.8 Å². The predicted molar refractivity (Wildman–Crippen MR) is 99.6 cm³/mol. The summed E-state index contributed by atoms with van der Waals surface area (Å²) in [6.45, 7) is 5.63. The van der Waals surface area contributed by atoms with E-state index in [4.69, 9.17) is 5.73 Å². The Bertz CT molecular complexity index is 812. The van der Waals surface area contributed by atoms with Crippen molar-refractivity contribution >= 4 is 11.8 Å². The molecule has 6 heteroatoms. The number of rotatable bonds is 5. The van der Waals surface area contributed by atoms with Gasteiger partial charge in [-0.15, -0.1) is 0 Å². The van der Waals surface area contributed by atoms with Crippen LogP contribution in [0.4, 0.5) is 0 Å². The van der Waals surface area contributed by atoms with Gasteiger partial charge in [0.05, 0.1) is 6.42 Å². The number of aromatic nitrogens is 2. The van der Waals surface area contributed by atoms with E-state index in [2.05, 4.69) is 23.2 Å². The normalized spacial score (nSPS) is 17.3. The third-order valence-corrected chi connectivity index (χ3v) is 5.06. The highest BCUT2D eigenvalue weighted by molar-refractivity contribution is 5.79. The number of carbonyl (C=O) groups excluding carboxylic acids is 2. The Labute approximate surface area is 154 Å². The fraction of sp³-hybridized carbons (Fsp3) is 0.450. The second-order valence-corrected chi connectivity index (χ2v) is 7.17. The summed E-state index contributed by atoms with van der Waals surface area (Å²) in [5, 5.41) is 0. The highest BCUT2D eigenvalue weighted by atomic mass is 16.2. The maximum absolute atomic E-state index is 12.8. The van der Waals surface area contributed by atoms with E-state index in [1.807, 2.05) is 18.7 Å². The third kappa shape index (κ3) is 4.12. The first-order chi connectivity index (χ1) is 12.4. The molecule has 0 saturated carbocycles. The monoisotopic (exact) mass is 354 g/mol. The van der Waals surface area contributed by atoms with Crippen LogP contribution >= 0.6 is 0 Å². The van der Waals surface area contributed by atoms with Gasteiger partial charge in [0.25, 0.3) is 0 Å². The standard InChI is InChI=1S/C20H26N4O2/c1-14-5-6-15(2)17(10-14)11-19(26)23-8-3-4-16(12-23)20-22-7-9-24(20)13-18(21)25/h5-7,9-10,16H,3-4,8,11-13H2,1-2H3,(H2,21,25)/t16-/m0/s1. The lowest BCUT2D eigenvalue weighted by molar-refractivity contribution is -0.131. The second-order valence-electron chi connectivity index (χ2n) is 7.17. The zero-order valence-electron chi connectivity index (χ0n) is 15.4. The summed E-state index contributed by atoms with van der Waals surface area (Å²) in [5.74, 6) is 0.744. The first-order valence-electron chi connectivity index (χ1n) is 9.07. The van der Waals surface area contributed by atoms with E-state index in [1.54, 1.807) is 17.0 Å². The van der Waals surface area contributed by atoms with Crippen molar-refractivity contribution in [1.29, 1.82) is 0 Å². The van der Waals surface area contributed by atoms with Crippen molar-refractivity contribution in [3.8, 4) is 0 Å². The first-order valence-corrected chi connectivity index (χ1v) is 9.07. The highest BCUT2D eigenvalue weighted by Gasteiger charge is 2.27. The molecule has 1 saturated heterocycles. The van der Waals surface area contributed by atoms with Crippen LogP contribution in [0.5, 0.6) is 0 Å². The van der Waals surface area contributed by atoms with E-state index >= 15 is 0 Å². The zero-order chi connectivity index (χ0) is 18.7. The van der Waals surface area contributed by atoms with Gasteiger partial charge in [-0.3, -0.25) is 9.59 Å². The molecule has 0 spiro atoms. The maximum Gasteiger partial charge on any atom is 0.237 e. The number of likely N-dealkylation sites (tertiary alicyclic amines) is 1. The number of imidazole rings is 1. The van der Waals surface area contributed by atoms with Crippen LogP contribution in [0.1, 0.15) is 41.3 Å². The van der Waals surface area contributed by atoms with Crippen LogP contribution in [0.15, 0.2) is 30.6 Å². The van der Waals surface area contributed by atoms with E-state index in [0.717, 1.165) is 36.3 Å². The average Bonchev–Trinajstić information content (AvgIpc) is 3.05. The molecule has 6 nitrogen and oxygen atoms in total. The van der Waals surface area contributed by atoms with Gasteiger partial charge in [0.1, 0.15) is 12.4 Å². The maximum atomic E-state index is 12.8. The number of hydrogen-bond acceptors (Lipinski definition) is 3. The molecule has 26 heavy (non-hydrogen) atoms. The number of nitrogens with zero attached hydrogens (tertiary/aromatic N) is 3. The summed E-state index contributed by atoms with van der Waals surface area (Å²) in [6, 6.07) is 6.23. The summed E-state index contributed by atoms with van der Waals surface area (Å²) in [5.41, 5.74) is 8.73. The fourth-order valence-corrected chi connectivity index (χ4v) is 3.66. The first kappa shape index (κ1) is 18.2. The van der Waals surface area contributed by atoms with Crippen molar-refractivity contribution in [3.05, 3.63) is 53.1 Å². The van der Waals surface area contributed by atoms with Crippen LogP contribution in [0.25, 0.3) is 0 Å². The van der Waals surface area contributed by atoms with Crippen LogP contribution in [0, 0.1) is 13.8 Å². The van der Waals surface area contributed by atoms with E-state index in [1.165, 1.54) is 5.56 Å². The molecule has 1 fully saturated rings. The van der Waals surface area contributed by atoms with E-state index in [-0.39, 0.29) is 24.3 Å². The lowest BCUT2D eigenvalue weighted by Crippen LogP contribution is -2.40. The average molecular weight is 354 g/mol. The Morgan fingerprint density at radius 3 is 2.88 bits per heavy atom. The van der Waals surface area contributed by atoms with Crippen molar-refractivity contribution in [1.82, 2.24) is 14.5 Å².